The highest BCUT2D eigenvalue weighted by Crippen LogP contribution is 2.16. The van der Waals surface area contributed by atoms with Crippen molar-refractivity contribution in [1.29, 1.82) is 0 Å². The highest BCUT2D eigenvalue weighted by atomic mass is 19.1. The van der Waals surface area contributed by atoms with E-state index in [9.17, 15) is 8.78 Å². The first-order valence-electron chi connectivity index (χ1n) is 6.32. The molecule has 0 aromatic heterocycles. The Kier molecular flexibility index (Phi) is 4.15. The maximum absolute atomic E-state index is 13.4. The predicted molar refractivity (Wildman–Crippen MR) is 74.3 cm³/mol. The van der Waals surface area contributed by atoms with E-state index in [-0.39, 0.29) is 17.7 Å². The molecule has 0 saturated heterocycles. The van der Waals surface area contributed by atoms with E-state index >= 15 is 0 Å². The molecule has 0 aliphatic heterocycles. The van der Waals surface area contributed by atoms with Crippen molar-refractivity contribution in [2.45, 2.75) is 26.3 Å². The van der Waals surface area contributed by atoms with Crippen LogP contribution in [0.5, 0.6) is 0 Å². The number of anilines is 1. The third-order valence-electron chi connectivity index (χ3n) is 3.02. The van der Waals surface area contributed by atoms with Crippen molar-refractivity contribution in [3.05, 3.63) is 65.2 Å². The lowest BCUT2D eigenvalue weighted by Crippen LogP contribution is -2.18. The largest absolute Gasteiger partial charge is 0.382 e. The van der Waals surface area contributed by atoms with E-state index in [1.165, 1.54) is 18.2 Å². The van der Waals surface area contributed by atoms with Gasteiger partial charge in [-0.2, -0.15) is 0 Å². The van der Waals surface area contributed by atoms with Crippen LogP contribution in [0.1, 0.15) is 18.1 Å². The van der Waals surface area contributed by atoms with E-state index in [4.69, 9.17) is 0 Å². The minimum absolute atomic E-state index is 0.101. The first-order chi connectivity index (χ1) is 9.04. The fraction of sp³-hybridized carbons (Fsp3) is 0.250. The molecule has 19 heavy (non-hydrogen) atoms. The molecule has 0 saturated carbocycles. The Balaban J connectivity index is 2.01. The van der Waals surface area contributed by atoms with Crippen molar-refractivity contribution in [2.75, 3.05) is 5.32 Å². The molecule has 1 atom stereocenters. The molecule has 2 rings (SSSR count). The summed E-state index contributed by atoms with van der Waals surface area (Å²) in [5.74, 6) is -0.450. The Labute approximate surface area is 112 Å². The quantitative estimate of drug-likeness (QED) is 0.864. The van der Waals surface area contributed by atoms with Gasteiger partial charge in [-0.15, -0.1) is 0 Å². The van der Waals surface area contributed by atoms with Crippen molar-refractivity contribution >= 4 is 5.69 Å². The molecule has 0 bridgehead atoms. The zero-order valence-electron chi connectivity index (χ0n) is 11.1. The summed E-state index contributed by atoms with van der Waals surface area (Å²) in [6.45, 7) is 3.72. The van der Waals surface area contributed by atoms with Crippen molar-refractivity contribution < 1.29 is 8.78 Å². The summed E-state index contributed by atoms with van der Waals surface area (Å²) in [6, 6.07) is 11.7. The maximum atomic E-state index is 13.4. The third-order valence-corrected chi connectivity index (χ3v) is 3.02. The zero-order valence-corrected chi connectivity index (χ0v) is 11.1. The lowest BCUT2D eigenvalue weighted by molar-refractivity contribution is 0.618. The molecule has 0 heterocycles. The average Bonchev–Trinajstić information content (AvgIpc) is 2.34. The summed E-state index contributed by atoms with van der Waals surface area (Å²) in [5.41, 5.74) is 2.29. The Morgan fingerprint density at radius 1 is 1.11 bits per heavy atom. The van der Waals surface area contributed by atoms with Gasteiger partial charge in [0, 0.05) is 11.7 Å². The van der Waals surface area contributed by atoms with Gasteiger partial charge < -0.3 is 5.32 Å². The van der Waals surface area contributed by atoms with Crippen LogP contribution in [0.15, 0.2) is 42.5 Å². The molecule has 3 heteroatoms. The Hall–Kier alpha value is -1.90. The molecule has 0 aliphatic carbocycles. The van der Waals surface area contributed by atoms with Gasteiger partial charge in [-0.1, -0.05) is 18.2 Å². The van der Waals surface area contributed by atoms with Gasteiger partial charge in [0.2, 0.25) is 0 Å². The zero-order chi connectivity index (χ0) is 13.8. The number of rotatable bonds is 4. The summed E-state index contributed by atoms with van der Waals surface area (Å²) in [6.07, 6.45) is 0.688. The van der Waals surface area contributed by atoms with Crippen LogP contribution in [-0.4, -0.2) is 6.04 Å². The molecule has 0 spiro atoms. The van der Waals surface area contributed by atoms with Crippen LogP contribution in [0.3, 0.4) is 0 Å². The van der Waals surface area contributed by atoms with Crippen LogP contribution in [0.2, 0.25) is 0 Å². The van der Waals surface area contributed by atoms with Crippen LogP contribution in [0.25, 0.3) is 0 Å². The van der Waals surface area contributed by atoms with Gasteiger partial charge in [0.25, 0.3) is 0 Å². The first-order valence-corrected chi connectivity index (χ1v) is 6.32. The number of hydrogen-bond donors (Lipinski definition) is 1. The van der Waals surface area contributed by atoms with Crippen LogP contribution >= 0.6 is 0 Å². The molecular formula is C16H17F2N. The third kappa shape index (κ3) is 3.78. The van der Waals surface area contributed by atoms with Gasteiger partial charge >= 0.3 is 0 Å². The molecule has 1 nitrogen and oxygen atoms in total. The van der Waals surface area contributed by atoms with E-state index < -0.39 is 0 Å². The van der Waals surface area contributed by atoms with Crippen molar-refractivity contribution in [2.24, 2.45) is 0 Å². The average molecular weight is 261 g/mol. The topological polar surface area (TPSA) is 12.0 Å². The molecule has 0 amide bonds. The number of halogens is 2. The van der Waals surface area contributed by atoms with E-state index in [0.717, 1.165) is 11.3 Å². The van der Waals surface area contributed by atoms with E-state index in [2.05, 4.69) is 5.32 Å². The minimum atomic E-state index is -0.230. The second-order valence-electron chi connectivity index (χ2n) is 4.84. The van der Waals surface area contributed by atoms with E-state index in [1.54, 1.807) is 19.1 Å². The van der Waals surface area contributed by atoms with E-state index in [0.29, 0.717) is 12.0 Å². The number of benzene rings is 2. The normalized spacial score (nSPS) is 12.2. The van der Waals surface area contributed by atoms with Gasteiger partial charge in [0.15, 0.2) is 0 Å². The smallest absolute Gasteiger partial charge is 0.128 e. The Morgan fingerprint density at radius 3 is 2.58 bits per heavy atom. The lowest BCUT2D eigenvalue weighted by atomic mass is 10.1. The highest BCUT2D eigenvalue weighted by Gasteiger charge is 2.06. The van der Waals surface area contributed by atoms with Gasteiger partial charge in [-0.3, -0.25) is 0 Å². The standard InChI is InChI=1S/C16H17F2N/c1-11-6-7-15(10-16(11)18)19-12(2)8-13-4-3-5-14(17)9-13/h3-7,9-10,12,19H,8H2,1-2H3. The van der Waals surface area contributed by atoms with Crippen LogP contribution in [0, 0.1) is 18.6 Å². The van der Waals surface area contributed by atoms with Crippen molar-refractivity contribution in [3.63, 3.8) is 0 Å². The first kappa shape index (κ1) is 13.5. The molecule has 100 valence electrons. The number of nitrogens with one attached hydrogen (secondary N) is 1. The predicted octanol–water partition coefficient (Wildman–Crippen LogP) is 4.32. The van der Waals surface area contributed by atoms with Gasteiger partial charge in [-0.05, 0) is 55.7 Å². The van der Waals surface area contributed by atoms with Gasteiger partial charge in [0.1, 0.15) is 11.6 Å². The fourth-order valence-corrected chi connectivity index (χ4v) is 2.04. The fourth-order valence-electron chi connectivity index (χ4n) is 2.04. The summed E-state index contributed by atoms with van der Waals surface area (Å²) in [5, 5.41) is 3.22. The molecule has 0 fully saturated rings. The minimum Gasteiger partial charge on any atom is -0.382 e. The van der Waals surface area contributed by atoms with E-state index in [1.807, 2.05) is 19.1 Å². The number of aryl methyl sites for hydroxylation is 1. The maximum Gasteiger partial charge on any atom is 0.128 e. The molecule has 0 radical (unpaired) electrons. The van der Waals surface area contributed by atoms with Crippen molar-refractivity contribution in [3.8, 4) is 0 Å². The molecule has 2 aromatic carbocycles. The summed E-state index contributed by atoms with van der Waals surface area (Å²) >= 11 is 0. The second-order valence-corrected chi connectivity index (χ2v) is 4.84. The SMILES string of the molecule is Cc1ccc(NC(C)Cc2cccc(F)c2)cc1F. The second kappa shape index (κ2) is 5.83. The summed E-state index contributed by atoms with van der Waals surface area (Å²) in [4.78, 5) is 0. The van der Waals surface area contributed by atoms with Crippen LogP contribution in [-0.2, 0) is 6.42 Å². The summed E-state index contributed by atoms with van der Waals surface area (Å²) < 4.78 is 26.5. The monoisotopic (exact) mass is 261 g/mol. The molecule has 2 aromatic rings. The molecule has 1 unspecified atom stereocenters. The molecule has 0 aliphatic rings. The number of hydrogen-bond acceptors (Lipinski definition) is 1. The highest BCUT2D eigenvalue weighted by molar-refractivity contribution is 5.46. The van der Waals surface area contributed by atoms with Crippen molar-refractivity contribution in [1.82, 2.24) is 0 Å². The van der Waals surface area contributed by atoms with Gasteiger partial charge in [-0.25, -0.2) is 8.78 Å². The van der Waals surface area contributed by atoms with Crippen LogP contribution < -0.4 is 5.32 Å². The van der Waals surface area contributed by atoms with Gasteiger partial charge in [0.05, 0.1) is 0 Å². The van der Waals surface area contributed by atoms with Crippen LogP contribution in [0.4, 0.5) is 14.5 Å². The molecular weight excluding hydrogens is 244 g/mol. The summed E-state index contributed by atoms with van der Waals surface area (Å²) in [7, 11) is 0. The lowest BCUT2D eigenvalue weighted by Gasteiger charge is -2.16. The molecule has 1 N–H and O–H groups in total. The Morgan fingerprint density at radius 2 is 1.89 bits per heavy atom. The Bertz CT molecular complexity index is 566.